The van der Waals surface area contributed by atoms with Crippen molar-refractivity contribution in [2.45, 2.75) is 0 Å². The normalized spacial score (nSPS) is 12.8. The molecular weight excluding hydrogens is 260 g/mol. The highest BCUT2D eigenvalue weighted by molar-refractivity contribution is 5.86. The van der Waals surface area contributed by atoms with Gasteiger partial charge in [0.05, 0.1) is 5.56 Å². The molecule has 4 rings (SSSR count). The lowest BCUT2D eigenvalue weighted by Gasteiger charge is -2.03. The van der Waals surface area contributed by atoms with Gasteiger partial charge >= 0.3 is 0 Å². The molecule has 0 unspecified atom stereocenters. The van der Waals surface area contributed by atoms with E-state index < -0.39 is 0 Å². The zero-order valence-corrected chi connectivity index (χ0v) is 10.3. The first-order chi connectivity index (χ1) is 9.83. The van der Waals surface area contributed by atoms with Crippen LogP contribution in [0.15, 0.2) is 35.0 Å². The standard InChI is InChI=1S/C13H10N4O3/c14-13-11(12(20-17-13)8-3-4-15-16-8)7-1-2-9-10(5-7)19-6-18-9/h1-5H,6H2,(H2,14,17)(H,15,16). The molecule has 0 saturated carbocycles. The van der Waals surface area contributed by atoms with Gasteiger partial charge in [-0.3, -0.25) is 5.10 Å². The van der Waals surface area contributed by atoms with E-state index in [0.717, 1.165) is 5.56 Å². The number of rotatable bonds is 2. The van der Waals surface area contributed by atoms with Crippen molar-refractivity contribution < 1.29 is 14.0 Å². The van der Waals surface area contributed by atoms with Crippen molar-refractivity contribution in [3.63, 3.8) is 0 Å². The molecular formula is C13H10N4O3. The number of hydrogen-bond donors (Lipinski definition) is 2. The number of anilines is 1. The fourth-order valence-electron chi connectivity index (χ4n) is 2.20. The van der Waals surface area contributed by atoms with Crippen molar-refractivity contribution in [3.8, 4) is 34.1 Å². The van der Waals surface area contributed by atoms with Crippen LogP contribution in [0.25, 0.3) is 22.6 Å². The number of nitrogens with zero attached hydrogens (tertiary/aromatic N) is 2. The topological polar surface area (TPSA) is 99.2 Å². The van der Waals surface area contributed by atoms with Gasteiger partial charge in [-0.25, -0.2) is 0 Å². The zero-order valence-electron chi connectivity index (χ0n) is 10.3. The smallest absolute Gasteiger partial charge is 0.231 e. The molecule has 3 aromatic rings. The quantitative estimate of drug-likeness (QED) is 0.739. The molecule has 0 aliphatic carbocycles. The van der Waals surface area contributed by atoms with Crippen LogP contribution in [0.5, 0.6) is 11.5 Å². The largest absolute Gasteiger partial charge is 0.454 e. The maximum absolute atomic E-state index is 5.91. The number of nitrogen functional groups attached to an aromatic ring is 1. The number of aromatic amines is 1. The van der Waals surface area contributed by atoms with Crippen LogP contribution in [0, 0.1) is 0 Å². The summed E-state index contributed by atoms with van der Waals surface area (Å²) in [4.78, 5) is 0. The summed E-state index contributed by atoms with van der Waals surface area (Å²) in [7, 11) is 0. The van der Waals surface area contributed by atoms with Crippen LogP contribution >= 0.6 is 0 Å². The number of benzene rings is 1. The lowest BCUT2D eigenvalue weighted by Crippen LogP contribution is -1.93. The van der Waals surface area contributed by atoms with Crippen LogP contribution < -0.4 is 15.2 Å². The van der Waals surface area contributed by atoms with E-state index in [-0.39, 0.29) is 6.79 Å². The highest BCUT2D eigenvalue weighted by atomic mass is 16.7. The van der Waals surface area contributed by atoms with Gasteiger partial charge in [0.15, 0.2) is 23.1 Å². The maximum Gasteiger partial charge on any atom is 0.231 e. The molecule has 3 heterocycles. The lowest BCUT2D eigenvalue weighted by atomic mass is 10.0. The first-order valence-electron chi connectivity index (χ1n) is 5.98. The summed E-state index contributed by atoms with van der Waals surface area (Å²) in [5.41, 5.74) is 8.17. The Labute approximate surface area is 113 Å². The van der Waals surface area contributed by atoms with E-state index in [1.54, 1.807) is 12.3 Å². The average Bonchev–Trinajstić information content (AvgIpc) is 3.17. The summed E-state index contributed by atoms with van der Waals surface area (Å²) in [6, 6.07) is 7.36. The average molecular weight is 270 g/mol. The van der Waals surface area contributed by atoms with Crippen LogP contribution in [0.2, 0.25) is 0 Å². The Balaban J connectivity index is 1.88. The van der Waals surface area contributed by atoms with Gasteiger partial charge in [0, 0.05) is 6.20 Å². The molecule has 7 heteroatoms. The van der Waals surface area contributed by atoms with Crippen LogP contribution in [-0.4, -0.2) is 22.1 Å². The van der Waals surface area contributed by atoms with Gasteiger partial charge in [-0.2, -0.15) is 5.10 Å². The molecule has 1 aromatic carbocycles. The Morgan fingerprint density at radius 2 is 2.05 bits per heavy atom. The van der Waals surface area contributed by atoms with Crippen LogP contribution in [0.3, 0.4) is 0 Å². The van der Waals surface area contributed by atoms with E-state index in [9.17, 15) is 0 Å². The number of aromatic nitrogens is 3. The van der Waals surface area contributed by atoms with Crippen molar-refractivity contribution in [3.05, 3.63) is 30.5 Å². The molecule has 0 spiro atoms. The van der Waals surface area contributed by atoms with E-state index in [4.69, 9.17) is 19.7 Å². The molecule has 0 bridgehead atoms. The SMILES string of the molecule is Nc1noc(-c2ccn[nH]2)c1-c1ccc2c(c1)OCO2. The van der Waals surface area contributed by atoms with E-state index in [1.807, 2.05) is 18.2 Å². The van der Waals surface area contributed by atoms with E-state index in [0.29, 0.717) is 34.3 Å². The molecule has 7 nitrogen and oxygen atoms in total. The van der Waals surface area contributed by atoms with Gasteiger partial charge in [0.1, 0.15) is 5.69 Å². The molecule has 0 atom stereocenters. The van der Waals surface area contributed by atoms with Gasteiger partial charge in [0.25, 0.3) is 0 Å². The molecule has 100 valence electrons. The molecule has 0 radical (unpaired) electrons. The Bertz CT molecular complexity index is 764. The molecule has 3 N–H and O–H groups in total. The highest BCUT2D eigenvalue weighted by Gasteiger charge is 2.21. The number of H-pyrrole nitrogens is 1. The Hall–Kier alpha value is -2.96. The van der Waals surface area contributed by atoms with E-state index in [1.165, 1.54) is 0 Å². The number of nitrogens with two attached hydrogens (primary N) is 1. The molecule has 0 amide bonds. The van der Waals surface area contributed by atoms with E-state index in [2.05, 4.69) is 15.4 Å². The molecule has 1 aliphatic rings. The molecule has 0 fully saturated rings. The third kappa shape index (κ3) is 1.53. The minimum atomic E-state index is 0.227. The Kier molecular flexibility index (Phi) is 2.19. The van der Waals surface area contributed by atoms with Gasteiger partial charge < -0.3 is 19.7 Å². The van der Waals surface area contributed by atoms with Gasteiger partial charge in [-0.05, 0) is 23.8 Å². The summed E-state index contributed by atoms with van der Waals surface area (Å²) in [5, 5.41) is 10.6. The van der Waals surface area contributed by atoms with Gasteiger partial charge in [-0.1, -0.05) is 11.2 Å². The van der Waals surface area contributed by atoms with Crippen molar-refractivity contribution in [1.82, 2.24) is 15.4 Å². The molecule has 20 heavy (non-hydrogen) atoms. The van der Waals surface area contributed by atoms with Gasteiger partial charge in [0.2, 0.25) is 6.79 Å². The summed E-state index contributed by atoms with van der Waals surface area (Å²) in [5.74, 6) is 2.25. The van der Waals surface area contributed by atoms with Crippen LogP contribution in [-0.2, 0) is 0 Å². The minimum Gasteiger partial charge on any atom is -0.454 e. The number of hydrogen-bond acceptors (Lipinski definition) is 6. The maximum atomic E-state index is 5.91. The highest BCUT2D eigenvalue weighted by Crippen LogP contribution is 2.41. The first kappa shape index (κ1) is 10.9. The summed E-state index contributed by atoms with van der Waals surface area (Å²) in [6.45, 7) is 0.227. The molecule has 2 aromatic heterocycles. The van der Waals surface area contributed by atoms with Crippen molar-refractivity contribution in [2.24, 2.45) is 0 Å². The monoisotopic (exact) mass is 270 g/mol. The Morgan fingerprint density at radius 1 is 1.15 bits per heavy atom. The second-order valence-electron chi connectivity index (χ2n) is 4.31. The number of nitrogens with one attached hydrogen (secondary N) is 1. The fourth-order valence-corrected chi connectivity index (χ4v) is 2.20. The summed E-state index contributed by atoms with van der Waals surface area (Å²) < 4.78 is 16.0. The predicted molar refractivity (Wildman–Crippen MR) is 70.1 cm³/mol. The van der Waals surface area contributed by atoms with Crippen molar-refractivity contribution in [1.29, 1.82) is 0 Å². The summed E-state index contributed by atoms with van der Waals surface area (Å²) in [6.07, 6.45) is 1.64. The van der Waals surface area contributed by atoms with Crippen LogP contribution in [0.1, 0.15) is 0 Å². The number of fused-ring (bicyclic) bond motifs is 1. The molecule has 1 aliphatic heterocycles. The number of ether oxygens (including phenoxy) is 2. The van der Waals surface area contributed by atoms with E-state index >= 15 is 0 Å². The molecule has 0 saturated heterocycles. The third-order valence-electron chi connectivity index (χ3n) is 3.13. The van der Waals surface area contributed by atoms with Crippen LogP contribution in [0.4, 0.5) is 5.82 Å². The third-order valence-corrected chi connectivity index (χ3v) is 3.13. The minimum absolute atomic E-state index is 0.227. The first-order valence-corrected chi connectivity index (χ1v) is 5.98. The second kappa shape index (κ2) is 4.02. The zero-order chi connectivity index (χ0) is 13.5. The van der Waals surface area contributed by atoms with Crippen molar-refractivity contribution in [2.75, 3.05) is 12.5 Å². The van der Waals surface area contributed by atoms with Crippen molar-refractivity contribution >= 4 is 5.82 Å². The Morgan fingerprint density at radius 3 is 2.90 bits per heavy atom. The fraction of sp³-hybridized carbons (Fsp3) is 0.0769. The van der Waals surface area contributed by atoms with Gasteiger partial charge in [-0.15, -0.1) is 0 Å². The summed E-state index contributed by atoms with van der Waals surface area (Å²) >= 11 is 0. The lowest BCUT2D eigenvalue weighted by molar-refractivity contribution is 0.174. The predicted octanol–water partition coefficient (Wildman–Crippen LogP) is 2.04. The second-order valence-corrected chi connectivity index (χ2v) is 4.31.